The zero-order chi connectivity index (χ0) is 12.3. The maximum atomic E-state index is 3.93. The quantitative estimate of drug-likeness (QED) is 0.767. The van der Waals surface area contributed by atoms with Crippen LogP contribution in [-0.2, 0) is 0 Å². The number of hydrogen-bond donors (Lipinski definition) is 0. The van der Waals surface area contributed by atoms with Crippen molar-refractivity contribution in [2.75, 3.05) is 26.2 Å². The van der Waals surface area contributed by atoms with Gasteiger partial charge in [0.1, 0.15) is 0 Å². The van der Waals surface area contributed by atoms with E-state index in [4.69, 9.17) is 0 Å². The summed E-state index contributed by atoms with van der Waals surface area (Å²) in [4.78, 5) is 4.94. The average molecular weight is 352 g/mol. The summed E-state index contributed by atoms with van der Waals surface area (Å²) in [6.45, 7) is 16.4. The van der Waals surface area contributed by atoms with E-state index in [1.807, 2.05) is 0 Å². The lowest BCUT2D eigenvalue weighted by molar-refractivity contribution is 0.0540. The number of rotatable bonds is 4. The molecule has 0 radical (unpaired) electrons. The average Bonchev–Trinajstić information content (AvgIpc) is 2.10. The van der Waals surface area contributed by atoms with Crippen LogP contribution in [-0.4, -0.2) is 48.1 Å². The second kappa shape index (κ2) is 6.34. The normalized spacial score (nSPS) is 28.0. The number of hydrogen-bond acceptors (Lipinski definition) is 2. The topological polar surface area (TPSA) is 6.48 Å². The SMILES string of the molecule is C=C(Br)CN1CC(C)N(CC(=C)Br)C(C)C1. The van der Waals surface area contributed by atoms with Gasteiger partial charge in [-0.15, -0.1) is 0 Å². The Kier molecular flexibility index (Phi) is 5.71. The Hall–Kier alpha value is 0.360. The minimum absolute atomic E-state index is 0.560. The third-order valence-corrected chi connectivity index (χ3v) is 3.43. The van der Waals surface area contributed by atoms with Gasteiger partial charge in [0.2, 0.25) is 0 Å². The summed E-state index contributed by atoms with van der Waals surface area (Å²) < 4.78 is 2.12. The van der Waals surface area contributed by atoms with Crippen LogP contribution in [0.5, 0.6) is 0 Å². The van der Waals surface area contributed by atoms with Crippen molar-refractivity contribution in [1.82, 2.24) is 9.80 Å². The first kappa shape index (κ1) is 14.4. The van der Waals surface area contributed by atoms with Gasteiger partial charge in [-0.05, 0) is 13.8 Å². The van der Waals surface area contributed by atoms with Crippen LogP contribution in [0.1, 0.15) is 13.8 Å². The van der Waals surface area contributed by atoms with Crippen LogP contribution in [0.25, 0.3) is 0 Å². The highest BCUT2D eigenvalue weighted by Gasteiger charge is 2.29. The van der Waals surface area contributed by atoms with E-state index in [9.17, 15) is 0 Å². The van der Waals surface area contributed by atoms with Gasteiger partial charge in [0, 0.05) is 47.2 Å². The van der Waals surface area contributed by atoms with Gasteiger partial charge in [-0.3, -0.25) is 9.80 Å². The zero-order valence-electron chi connectivity index (χ0n) is 10.0. The highest BCUT2D eigenvalue weighted by Crippen LogP contribution is 2.19. The van der Waals surface area contributed by atoms with Crippen molar-refractivity contribution in [3.8, 4) is 0 Å². The molecule has 1 fully saturated rings. The Balaban J connectivity index is 2.56. The minimum atomic E-state index is 0.560. The van der Waals surface area contributed by atoms with Gasteiger partial charge in [0.25, 0.3) is 0 Å². The smallest absolute Gasteiger partial charge is 0.0300 e. The van der Waals surface area contributed by atoms with Gasteiger partial charge in [-0.25, -0.2) is 0 Å². The van der Waals surface area contributed by atoms with Crippen LogP contribution in [0.15, 0.2) is 22.1 Å². The van der Waals surface area contributed by atoms with Crippen LogP contribution in [0, 0.1) is 0 Å². The molecule has 92 valence electrons. The molecular weight excluding hydrogens is 332 g/mol. The highest BCUT2D eigenvalue weighted by atomic mass is 79.9. The third kappa shape index (κ3) is 4.32. The predicted octanol–water partition coefficient (Wildman–Crippen LogP) is 3.20. The summed E-state index contributed by atoms with van der Waals surface area (Å²) in [5.41, 5.74) is 0. The monoisotopic (exact) mass is 350 g/mol. The second-order valence-corrected chi connectivity index (χ2v) is 6.84. The zero-order valence-corrected chi connectivity index (χ0v) is 13.2. The minimum Gasteiger partial charge on any atom is -0.295 e. The molecule has 2 unspecified atom stereocenters. The molecule has 4 heteroatoms. The molecule has 1 heterocycles. The Bertz CT molecular complexity index is 266. The molecule has 1 rings (SSSR count). The molecule has 0 spiro atoms. The molecule has 0 N–H and O–H groups in total. The number of halogens is 2. The highest BCUT2D eigenvalue weighted by molar-refractivity contribution is 9.12. The summed E-state index contributed by atoms with van der Waals surface area (Å²) in [6.07, 6.45) is 0. The summed E-state index contributed by atoms with van der Waals surface area (Å²) in [7, 11) is 0. The number of nitrogens with zero attached hydrogens (tertiary/aromatic N) is 2. The first-order valence-electron chi connectivity index (χ1n) is 5.54. The standard InChI is InChI=1S/C12H20Br2N2/c1-9(13)5-15-7-11(3)16(6-10(2)14)12(4)8-15/h11-12H,1-2,5-8H2,3-4H3. The Labute approximate surface area is 116 Å². The van der Waals surface area contributed by atoms with E-state index in [-0.39, 0.29) is 0 Å². The fourth-order valence-electron chi connectivity index (χ4n) is 2.35. The summed E-state index contributed by atoms with van der Waals surface area (Å²) in [5.74, 6) is 0. The van der Waals surface area contributed by atoms with Crippen LogP contribution < -0.4 is 0 Å². The molecule has 2 nitrogen and oxygen atoms in total. The fourth-order valence-corrected chi connectivity index (χ4v) is 2.99. The van der Waals surface area contributed by atoms with E-state index >= 15 is 0 Å². The molecule has 1 aliphatic rings. The van der Waals surface area contributed by atoms with Crippen LogP contribution >= 0.6 is 31.9 Å². The molecule has 16 heavy (non-hydrogen) atoms. The van der Waals surface area contributed by atoms with Crippen molar-refractivity contribution in [2.45, 2.75) is 25.9 Å². The van der Waals surface area contributed by atoms with E-state index in [1.165, 1.54) is 0 Å². The Morgan fingerprint density at radius 1 is 1.06 bits per heavy atom. The first-order chi connectivity index (χ1) is 7.40. The van der Waals surface area contributed by atoms with Crippen LogP contribution in [0.2, 0.25) is 0 Å². The Morgan fingerprint density at radius 2 is 1.50 bits per heavy atom. The summed E-state index contributed by atoms with van der Waals surface area (Å²) >= 11 is 6.88. The molecule has 0 aromatic rings. The molecule has 0 saturated carbocycles. The van der Waals surface area contributed by atoms with Crippen molar-refractivity contribution in [2.24, 2.45) is 0 Å². The molecule has 0 aromatic carbocycles. The molecule has 0 bridgehead atoms. The van der Waals surface area contributed by atoms with E-state index in [0.717, 1.165) is 35.1 Å². The maximum Gasteiger partial charge on any atom is 0.0300 e. The van der Waals surface area contributed by atoms with Crippen molar-refractivity contribution in [3.05, 3.63) is 22.1 Å². The molecular formula is C12H20Br2N2. The van der Waals surface area contributed by atoms with E-state index in [2.05, 4.69) is 68.7 Å². The lowest BCUT2D eigenvalue weighted by atomic mass is 10.1. The molecule has 1 saturated heterocycles. The van der Waals surface area contributed by atoms with Gasteiger partial charge in [0.15, 0.2) is 0 Å². The van der Waals surface area contributed by atoms with Gasteiger partial charge < -0.3 is 0 Å². The van der Waals surface area contributed by atoms with Crippen molar-refractivity contribution in [3.63, 3.8) is 0 Å². The van der Waals surface area contributed by atoms with Crippen molar-refractivity contribution < 1.29 is 0 Å². The molecule has 0 amide bonds. The lowest BCUT2D eigenvalue weighted by Gasteiger charge is -2.44. The summed E-state index contributed by atoms with van der Waals surface area (Å²) in [5, 5.41) is 0. The van der Waals surface area contributed by atoms with Crippen LogP contribution in [0.4, 0.5) is 0 Å². The van der Waals surface area contributed by atoms with Gasteiger partial charge in [-0.2, -0.15) is 0 Å². The molecule has 2 atom stereocenters. The lowest BCUT2D eigenvalue weighted by Crippen LogP contribution is -2.56. The van der Waals surface area contributed by atoms with E-state index in [1.54, 1.807) is 0 Å². The summed E-state index contributed by atoms with van der Waals surface area (Å²) in [6, 6.07) is 1.12. The van der Waals surface area contributed by atoms with Crippen molar-refractivity contribution >= 4 is 31.9 Å². The van der Waals surface area contributed by atoms with E-state index < -0.39 is 0 Å². The fraction of sp³-hybridized carbons (Fsp3) is 0.667. The predicted molar refractivity (Wildman–Crippen MR) is 78.2 cm³/mol. The van der Waals surface area contributed by atoms with Gasteiger partial charge in [0.05, 0.1) is 0 Å². The molecule has 0 aromatic heterocycles. The molecule has 0 aliphatic carbocycles. The van der Waals surface area contributed by atoms with Gasteiger partial charge >= 0.3 is 0 Å². The largest absolute Gasteiger partial charge is 0.295 e. The molecule has 1 aliphatic heterocycles. The third-order valence-electron chi connectivity index (χ3n) is 2.93. The van der Waals surface area contributed by atoms with Crippen molar-refractivity contribution in [1.29, 1.82) is 0 Å². The maximum absolute atomic E-state index is 3.93. The van der Waals surface area contributed by atoms with Gasteiger partial charge in [-0.1, -0.05) is 45.0 Å². The van der Waals surface area contributed by atoms with Crippen LogP contribution in [0.3, 0.4) is 0 Å². The first-order valence-corrected chi connectivity index (χ1v) is 7.13. The second-order valence-electron chi connectivity index (χ2n) is 4.60. The van der Waals surface area contributed by atoms with E-state index in [0.29, 0.717) is 12.1 Å². The number of piperazine rings is 1. The Morgan fingerprint density at radius 3 is 1.88 bits per heavy atom.